The smallest absolute Gasteiger partial charge is 0.259 e. The molecule has 1 heterocycles. The number of hydrogen-bond acceptors (Lipinski definition) is 4. The van der Waals surface area contributed by atoms with Gasteiger partial charge in [0, 0.05) is 18.1 Å². The summed E-state index contributed by atoms with van der Waals surface area (Å²) in [5.74, 6) is 1.18. The number of amides is 1. The Labute approximate surface area is 180 Å². The highest BCUT2D eigenvalue weighted by Crippen LogP contribution is 2.38. The Balaban J connectivity index is 1.54. The van der Waals surface area contributed by atoms with E-state index in [4.69, 9.17) is 14.2 Å². The maximum atomic E-state index is 13.1. The largest absolute Gasteiger partial charge is 0.492 e. The van der Waals surface area contributed by atoms with Crippen LogP contribution in [0, 0.1) is 5.82 Å². The summed E-state index contributed by atoms with van der Waals surface area (Å²) < 4.78 is 30.5. The molecule has 1 atom stereocenters. The van der Waals surface area contributed by atoms with E-state index in [9.17, 15) is 9.18 Å². The van der Waals surface area contributed by atoms with Gasteiger partial charge in [-0.05, 0) is 49.7 Å². The van der Waals surface area contributed by atoms with Crippen LogP contribution in [-0.4, -0.2) is 18.6 Å². The second-order valence-corrected chi connectivity index (χ2v) is 7.39. The molecule has 1 aliphatic rings. The molecular formula is C25H24FNO4. The number of hydrogen-bond donors (Lipinski definition) is 1. The summed E-state index contributed by atoms with van der Waals surface area (Å²) >= 11 is 0. The lowest BCUT2D eigenvalue weighted by molar-refractivity contribution is 0.102. The van der Waals surface area contributed by atoms with Gasteiger partial charge < -0.3 is 19.5 Å². The highest BCUT2D eigenvalue weighted by atomic mass is 19.1. The van der Waals surface area contributed by atoms with Crippen molar-refractivity contribution < 1.29 is 23.4 Å². The molecule has 3 aromatic carbocycles. The van der Waals surface area contributed by atoms with E-state index in [2.05, 4.69) is 5.32 Å². The second-order valence-electron chi connectivity index (χ2n) is 7.39. The SMILES string of the molecule is CCOc1cc2c(cc1NC(=O)c1ccccc1OCc1ccc(F)cc1)OC(C)C2. The summed E-state index contributed by atoms with van der Waals surface area (Å²) in [6.07, 6.45) is 0.903. The lowest BCUT2D eigenvalue weighted by atomic mass is 10.1. The molecule has 6 heteroatoms. The van der Waals surface area contributed by atoms with Gasteiger partial charge in [-0.15, -0.1) is 0 Å². The van der Waals surface area contributed by atoms with E-state index in [1.54, 1.807) is 36.4 Å². The molecule has 0 aromatic heterocycles. The van der Waals surface area contributed by atoms with Crippen molar-refractivity contribution in [3.63, 3.8) is 0 Å². The molecule has 1 aliphatic heterocycles. The first-order chi connectivity index (χ1) is 15.0. The molecule has 3 aromatic rings. The lowest BCUT2D eigenvalue weighted by Gasteiger charge is -2.15. The monoisotopic (exact) mass is 421 g/mol. The van der Waals surface area contributed by atoms with Crippen LogP contribution in [0.3, 0.4) is 0 Å². The Morgan fingerprint density at radius 3 is 2.65 bits per heavy atom. The third-order valence-electron chi connectivity index (χ3n) is 4.99. The van der Waals surface area contributed by atoms with Crippen LogP contribution < -0.4 is 19.5 Å². The van der Waals surface area contributed by atoms with Gasteiger partial charge in [-0.2, -0.15) is 0 Å². The van der Waals surface area contributed by atoms with E-state index in [-0.39, 0.29) is 24.4 Å². The maximum Gasteiger partial charge on any atom is 0.259 e. The van der Waals surface area contributed by atoms with E-state index in [0.717, 1.165) is 23.3 Å². The Morgan fingerprint density at radius 1 is 1.10 bits per heavy atom. The molecule has 160 valence electrons. The van der Waals surface area contributed by atoms with Crippen LogP contribution in [0.2, 0.25) is 0 Å². The van der Waals surface area contributed by atoms with Crippen molar-refractivity contribution in [3.05, 3.63) is 83.2 Å². The average molecular weight is 421 g/mol. The second kappa shape index (κ2) is 9.08. The molecule has 4 rings (SSSR count). The van der Waals surface area contributed by atoms with Gasteiger partial charge in [-0.3, -0.25) is 4.79 Å². The van der Waals surface area contributed by atoms with Gasteiger partial charge in [-0.1, -0.05) is 24.3 Å². The number of carbonyl (C=O) groups is 1. The van der Waals surface area contributed by atoms with Crippen molar-refractivity contribution in [2.24, 2.45) is 0 Å². The normalized spacial score (nSPS) is 14.5. The molecule has 0 aliphatic carbocycles. The summed E-state index contributed by atoms with van der Waals surface area (Å²) in [6.45, 7) is 4.61. The van der Waals surface area contributed by atoms with Crippen molar-refractivity contribution in [2.75, 3.05) is 11.9 Å². The molecule has 0 fully saturated rings. The molecule has 0 bridgehead atoms. The van der Waals surface area contributed by atoms with Crippen molar-refractivity contribution >= 4 is 11.6 Å². The van der Waals surface area contributed by atoms with Crippen molar-refractivity contribution in [3.8, 4) is 17.2 Å². The van der Waals surface area contributed by atoms with E-state index in [1.807, 2.05) is 26.0 Å². The Kier molecular flexibility index (Phi) is 6.07. The zero-order valence-electron chi connectivity index (χ0n) is 17.5. The number of rotatable bonds is 7. The fourth-order valence-corrected chi connectivity index (χ4v) is 3.52. The number of fused-ring (bicyclic) bond motifs is 1. The van der Waals surface area contributed by atoms with Crippen LogP contribution in [-0.2, 0) is 13.0 Å². The molecule has 0 saturated carbocycles. The molecule has 31 heavy (non-hydrogen) atoms. The van der Waals surface area contributed by atoms with E-state index in [0.29, 0.717) is 29.4 Å². The molecule has 1 N–H and O–H groups in total. The van der Waals surface area contributed by atoms with Crippen molar-refractivity contribution in [1.82, 2.24) is 0 Å². The number of para-hydroxylation sites is 1. The van der Waals surface area contributed by atoms with Gasteiger partial charge in [-0.25, -0.2) is 4.39 Å². The Morgan fingerprint density at radius 2 is 1.87 bits per heavy atom. The lowest BCUT2D eigenvalue weighted by Crippen LogP contribution is -2.14. The van der Waals surface area contributed by atoms with Crippen LogP contribution in [0.15, 0.2) is 60.7 Å². The molecule has 5 nitrogen and oxygen atoms in total. The van der Waals surface area contributed by atoms with E-state index >= 15 is 0 Å². The van der Waals surface area contributed by atoms with Crippen molar-refractivity contribution in [2.45, 2.75) is 33.0 Å². The van der Waals surface area contributed by atoms with Gasteiger partial charge in [0.1, 0.15) is 35.8 Å². The standard InChI is InChI=1S/C25H24FNO4/c1-3-29-24-13-18-12-16(2)31-23(18)14-21(24)27-25(28)20-6-4-5-7-22(20)30-15-17-8-10-19(26)11-9-17/h4-11,13-14,16H,3,12,15H2,1-2H3,(H,27,28). The van der Waals surface area contributed by atoms with Crippen LogP contribution in [0.25, 0.3) is 0 Å². The fraction of sp³-hybridized carbons (Fsp3) is 0.240. The highest BCUT2D eigenvalue weighted by Gasteiger charge is 2.23. The number of ether oxygens (including phenoxy) is 3. The predicted molar refractivity (Wildman–Crippen MR) is 117 cm³/mol. The summed E-state index contributed by atoms with van der Waals surface area (Å²) in [5, 5.41) is 2.93. The van der Waals surface area contributed by atoms with Crippen molar-refractivity contribution in [1.29, 1.82) is 0 Å². The van der Waals surface area contributed by atoms with Crippen LogP contribution in [0.1, 0.15) is 35.3 Å². The molecule has 0 saturated heterocycles. The minimum absolute atomic E-state index is 0.0935. The van der Waals surface area contributed by atoms with E-state index < -0.39 is 0 Å². The number of nitrogens with one attached hydrogen (secondary N) is 1. The number of benzene rings is 3. The zero-order valence-corrected chi connectivity index (χ0v) is 17.5. The maximum absolute atomic E-state index is 13.1. The third kappa shape index (κ3) is 4.79. The molecule has 0 radical (unpaired) electrons. The van der Waals surface area contributed by atoms with Gasteiger partial charge in [0.2, 0.25) is 0 Å². The van der Waals surface area contributed by atoms with Gasteiger partial charge >= 0.3 is 0 Å². The van der Waals surface area contributed by atoms with Crippen LogP contribution >= 0.6 is 0 Å². The molecule has 0 spiro atoms. The first-order valence-electron chi connectivity index (χ1n) is 10.3. The Hall–Kier alpha value is -3.54. The zero-order chi connectivity index (χ0) is 21.8. The number of halogens is 1. The third-order valence-corrected chi connectivity index (χ3v) is 4.99. The Bertz CT molecular complexity index is 1080. The minimum atomic E-state index is -0.318. The first kappa shape index (κ1) is 20.7. The quantitative estimate of drug-likeness (QED) is 0.557. The average Bonchev–Trinajstić information content (AvgIpc) is 3.12. The summed E-state index contributed by atoms with van der Waals surface area (Å²) in [5.41, 5.74) is 2.81. The van der Waals surface area contributed by atoms with Gasteiger partial charge in [0.25, 0.3) is 5.91 Å². The minimum Gasteiger partial charge on any atom is -0.492 e. The predicted octanol–water partition coefficient (Wildman–Crippen LogP) is 5.38. The topological polar surface area (TPSA) is 56.8 Å². The molecule has 1 unspecified atom stereocenters. The number of anilines is 1. The first-order valence-corrected chi connectivity index (χ1v) is 10.3. The highest BCUT2D eigenvalue weighted by molar-refractivity contribution is 6.07. The molecule has 1 amide bonds. The summed E-state index contributed by atoms with van der Waals surface area (Å²) in [7, 11) is 0. The summed E-state index contributed by atoms with van der Waals surface area (Å²) in [6, 6.07) is 16.8. The van der Waals surface area contributed by atoms with Crippen LogP contribution in [0.5, 0.6) is 17.2 Å². The number of carbonyl (C=O) groups excluding carboxylic acids is 1. The summed E-state index contributed by atoms with van der Waals surface area (Å²) in [4.78, 5) is 13.1. The molecular weight excluding hydrogens is 397 g/mol. The van der Waals surface area contributed by atoms with Gasteiger partial charge in [0.05, 0.1) is 17.9 Å². The van der Waals surface area contributed by atoms with Crippen LogP contribution in [0.4, 0.5) is 10.1 Å². The van der Waals surface area contributed by atoms with Gasteiger partial charge in [0.15, 0.2) is 0 Å². The van der Waals surface area contributed by atoms with E-state index in [1.165, 1.54) is 12.1 Å². The fourth-order valence-electron chi connectivity index (χ4n) is 3.52.